The fraction of sp³-hybridized carbons (Fsp3) is 0.261. The van der Waals surface area contributed by atoms with E-state index in [1.54, 1.807) is 18.3 Å². The maximum Gasteiger partial charge on any atom is 0.256 e. The molecule has 1 unspecified atom stereocenters. The highest BCUT2D eigenvalue weighted by atomic mass is 16.3. The molecule has 1 atom stereocenters. The quantitative estimate of drug-likeness (QED) is 0.639. The maximum absolute atomic E-state index is 12.4. The van der Waals surface area contributed by atoms with E-state index in [2.05, 4.69) is 15.6 Å². The van der Waals surface area contributed by atoms with Crippen LogP contribution < -0.4 is 15.5 Å². The minimum Gasteiger partial charge on any atom is -0.465 e. The van der Waals surface area contributed by atoms with Crippen molar-refractivity contribution < 1.29 is 14.0 Å². The molecule has 3 aromatic rings. The monoisotopic (exact) mass is 419 g/mol. The Balaban J connectivity index is 1.37. The van der Waals surface area contributed by atoms with E-state index in [0.717, 1.165) is 17.1 Å². The lowest BCUT2D eigenvalue weighted by molar-refractivity contribution is -0.117. The number of furan rings is 1. The number of pyridine rings is 1. The summed E-state index contributed by atoms with van der Waals surface area (Å²) in [6, 6.07) is 14.8. The number of fused-ring (bicyclic) bond motifs is 1. The number of benzene rings is 1. The number of aromatic nitrogens is 1. The molecule has 0 saturated carbocycles. The van der Waals surface area contributed by atoms with Crippen molar-refractivity contribution in [3.63, 3.8) is 0 Å². The number of rotatable bonds is 6. The molecule has 2 aromatic heterocycles. The lowest BCUT2D eigenvalue weighted by atomic mass is 10.1. The summed E-state index contributed by atoms with van der Waals surface area (Å²) in [4.78, 5) is 32.9. The third-order valence-electron chi connectivity index (χ3n) is 5.17. The summed E-state index contributed by atoms with van der Waals surface area (Å²) in [5.74, 6) is 2.06. The molecule has 0 spiro atoms. The van der Waals surface area contributed by atoms with Crippen LogP contribution in [0.15, 0.2) is 59.1 Å². The average molecular weight is 419 g/mol. The zero-order valence-corrected chi connectivity index (χ0v) is 17.8. The Bertz CT molecular complexity index is 1090. The smallest absolute Gasteiger partial charge is 0.256 e. The molecule has 160 valence electrons. The number of carbonyl (C=O) groups is 2. The summed E-state index contributed by atoms with van der Waals surface area (Å²) >= 11 is 0. The van der Waals surface area contributed by atoms with Gasteiger partial charge in [0.05, 0.1) is 18.7 Å². The second kappa shape index (κ2) is 8.61. The molecule has 0 radical (unpaired) electrons. The van der Waals surface area contributed by atoms with Crippen LogP contribution in [0.2, 0.25) is 0 Å². The van der Waals surface area contributed by atoms with Gasteiger partial charge in [0.1, 0.15) is 23.5 Å². The van der Waals surface area contributed by atoms with Gasteiger partial charge in [-0.1, -0.05) is 12.1 Å². The second-order valence-electron chi connectivity index (χ2n) is 7.72. The first kappa shape index (κ1) is 20.6. The number of amides is 2. The van der Waals surface area contributed by atoms with Crippen molar-refractivity contribution in [2.24, 2.45) is 0 Å². The van der Waals surface area contributed by atoms with Gasteiger partial charge in [0.2, 0.25) is 5.91 Å². The van der Waals surface area contributed by atoms with Crippen LogP contribution in [-0.2, 0) is 11.3 Å². The zero-order valence-electron chi connectivity index (χ0n) is 17.8. The summed E-state index contributed by atoms with van der Waals surface area (Å²) in [5.41, 5.74) is 2.15. The minimum absolute atomic E-state index is 0.111. The number of hydrogen-bond acceptors (Lipinski definition) is 6. The van der Waals surface area contributed by atoms with Crippen LogP contribution in [0.4, 0.5) is 11.5 Å². The lowest BCUT2D eigenvalue weighted by Gasteiger charge is -2.35. The van der Waals surface area contributed by atoms with Gasteiger partial charge < -0.3 is 20.0 Å². The first-order valence-electron chi connectivity index (χ1n) is 10.0. The van der Waals surface area contributed by atoms with Gasteiger partial charge in [-0.3, -0.25) is 14.5 Å². The van der Waals surface area contributed by atoms with Crippen molar-refractivity contribution in [2.45, 2.75) is 19.6 Å². The Labute approximate surface area is 180 Å². The number of hydrogen-bond donors (Lipinski definition) is 2. The van der Waals surface area contributed by atoms with Crippen molar-refractivity contribution >= 4 is 23.3 Å². The van der Waals surface area contributed by atoms with E-state index in [1.165, 1.54) is 0 Å². The molecule has 1 aliphatic heterocycles. The molecule has 3 heterocycles. The number of likely N-dealkylation sites (N-methyl/N-ethyl adjacent to an activating group) is 1. The number of carbonyl (C=O) groups excluding carboxylic acids is 2. The van der Waals surface area contributed by atoms with Crippen molar-refractivity contribution in [3.8, 4) is 0 Å². The molecular formula is C23H25N5O3. The molecule has 0 fully saturated rings. The van der Waals surface area contributed by atoms with Gasteiger partial charge in [-0.15, -0.1) is 0 Å². The molecule has 4 rings (SSSR count). The predicted molar refractivity (Wildman–Crippen MR) is 118 cm³/mol. The Morgan fingerprint density at radius 1 is 1.23 bits per heavy atom. The van der Waals surface area contributed by atoms with Crippen LogP contribution in [0, 0.1) is 6.92 Å². The van der Waals surface area contributed by atoms with Crippen LogP contribution in [0.5, 0.6) is 0 Å². The van der Waals surface area contributed by atoms with E-state index in [-0.39, 0.29) is 24.5 Å². The molecular weight excluding hydrogens is 394 g/mol. The van der Waals surface area contributed by atoms with E-state index in [1.807, 2.05) is 67.2 Å². The third-order valence-corrected chi connectivity index (χ3v) is 5.17. The zero-order chi connectivity index (χ0) is 22.0. The molecule has 0 bridgehead atoms. The molecule has 8 nitrogen and oxygen atoms in total. The molecule has 1 aromatic carbocycles. The number of nitrogens with one attached hydrogen (secondary N) is 2. The van der Waals surface area contributed by atoms with Crippen molar-refractivity contribution in [3.05, 3.63) is 77.4 Å². The maximum atomic E-state index is 12.4. The van der Waals surface area contributed by atoms with Crippen LogP contribution in [0.25, 0.3) is 0 Å². The number of nitrogens with zero attached hydrogens (tertiary/aromatic N) is 3. The molecule has 0 aliphatic carbocycles. The number of aryl methyl sites for hydroxylation is 1. The summed E-state index contributed by atoms with van der Waals surface area (Å²) in [6.07, 6.45) is 1.34. The highest BCUT2D eigenvalue weighted by Crippen LogP contribution is 2.30. The predicted octanol–water partition coefficient (Wildman–Crippen LogP) is 2.93. The van der Waals surface area contributed by atoms with Gasteiger partial charge in [0, 0.05) is 18.9 Å². The SMILES string of the molecule is Cc1ccc(CN(C)CC(=O)Nc2ccc(C3NC(=O)c4cccnc4N3C)cc2)o1. The third kappa shape index (κ3) is 4.59. The fourth-order valence-electron chi connectivity index (χ4n) is 3.67. The summed E-state index contributed by atoms with van der Waals surface area (Å²) in [7, 11) is 3.76. The van der Waals surface area contributed by atoms with E-state index in [0.29, 0.717) is 23.6 Å². The Morgan fingerprint density at radius 3 is 2.71 bits per heavy atom. The van der Waals surface area contributed by atoms with Crippen LogP contribution >= 0.6 is 0 Å². The Hall–Kier alpha value is -3.65. The Morgan fingerprint density at radius 2 is 2.00 bits per heavy atom. The van der Waals surface area contributed by atoms with Crippen LogP contribution in [-0.4, -0.2) is 42.3 Å². The standard InChI is InChI=1S/C23H25N5O3/c1-15-6-11-18(31-15)13-27(2)14-20(29)25-17-9-7-16(8-10-17)21-26-23(30)19-5-4-12-24-22(19)28(21)3/h4-12,21H,13-14H2,1-3H3,(H,25,29)(H,26,30). The van der Waals surface area contributed by atoms with Crippen LogP contribution in [0.3, 0.4) is 0 Å². The molecule has 8 heteroatoms. The topological polar surface area (TPSA) is 90.7 Å². The van der Waals surface area contributed by atoms with Gasteiger partial charge in [-0.25, -0.2) is 4.98 Å². The molecule has 0 saturated heterocycles. The molecule has 2 N–H and O–H groups in total. The van der Waals surface area contributed by atoms with Crippen LogP contribution in [0.1, 0.15) is 33.6 Å². The first-order valence-corrected chi connectivity index (χ1v) is 10.0. The summed E-state index contributed by atoms with van der Waals surface area (Å²) in [6.45, 7) is 2.69. The Kier molecular flexibility index (Phi) is 5.73. The number of anilines is 2. The van der Waals surface area contributed by atoms with E-state index < -0.39 is 0 Å². The van der Waals surface area contributed by atoms with E-state index in [4.69, 9.17) is 4.42 Å². The van der Waals surface area contributed by atoms with Crippen molar-refractivity contribution in [1.82, 2.24) is 15.2 Å². The normalized spacial score (nSPS) is 15.5. The molecule has 31 heavy (non-hydrogen) atoms. The van der Waals surface area contributed by atoms with E-state index in [9.17, 15) is 9.59 Å². The molecule has 1 aliphatic rings. The van der Waals surface area contributed by atoms with Gasteiger partial charge in [-0.2, -0.15) is 0 Å². The van der Waals surface area contributed by atoms with Crippen molar-refractivity contribution in [1.29, 1.82) is 0 Å². The largest absolute Gasteiger partial charge is 0.465 e. The second-order valence-corrected chi connectivity index (χ2v) is 7.72. The summed E-state index contributed by atoms with van der Waals surface area (Å²) < 4.78 is 5.55. The van der Waals surface area contributed by atoms with Gasteiger partial charge in [0.15, 0.2) is 0 Å². The van der Waals surface area contributed by atoms with Crippen molar-refractivity contribution in [2.75, 3.05) is 30.9 Å². The highest BCUT2D eigenvalue weighted by molar-refractivity contribution is 6.01. The fourth-order valence-corrected chi connectivity index (χ4v) is 3.67. The van der Waals surface area contributed by atoms with Gasteiger partial charge in [0.25, 0.3) is 5.91 Å². The lowest BCUT2D eigenvalue weighted by Crippen LogP contribution is -2.45. The van der Waals surface area contributed by atoms with Gasteiger partial charge >= 0.3 is 0 Å². The summed E-state index contributed by atoms with van der Waals surface area (Å²) in [5, 5.41) is 5.90. The average Bonchev–Trinajstić information content (AvgIpc) is 3.15. The molecule has 2 amide bonds. The first-order chi connectivity index (χ1) is 14.9. The highest BCUT2D eigenvalue weighted by Gasteiger charge is 2.30. The minimum atomic E-state index is -0.331. The van der Waals surface area contributed by atoms with Gasteiger partial charge in [-0.05, 0) is 55.9 Å². The van der Waals surface area contributed by atoms with E-state index >= 15 is 0 Å².